The van der Waals surface area contributed by atoms with Crippen molar-refractivity contribution in [1.82, 2.24) is 3.97 Å². The summed E-state index contributed by atoms with van der Waals surface area (Å²) in [5.41, 5.74) is 7.26. The molecule has 0 spiro atoms. The van der Waals surface area contributed by atoms with Gasteiger partial charge in [-0.25, -0.2) is 12.4 Å². The van der Waals surface area contributed by atoms with Gasteiger partial charge in [0.15, 0.2) is 0 Å². The molecule has 2 N–H and O–H groups in total. The van der Waals surface area contributed by atoms with Gasteiger partial charge < -0.3 is 5.73 Å². The molecule has 0 atom stereocenters. The number of rotatable bonds is 4. The normalized spacial score (nSPS) is 12.1. The number of benzene rings is 1. The largest absolute Gasteiger partial charge is 0.330 e. The minimum Gasteiger partial charge on any atom is -0.330 e. The molecule has 1 aromatic carbocycles. The summed E-state index contributed by atoms with van der Waals surface area (Å²) < 4.78 is 25.3. The molecule has 0 radical (unpaired) electrons. The number of para-hydroxylation sites is 1. The molecule has 2 rings (SSSR count). The van der Waals surface area contributed by atoms with Gasteiger partial charge in [-0.2, -0.15) is 0 Å². The first kappa shape index (κ1) is 12.1. The smallest absolute Gasteiger partial charge is 0.238 e. The van der Waals surface area contributed by atoms with Crippen molar-refractivity contribution in [3.63, 3.8) is 0 Å². The van der Waals surface area contributed by atoms with Crippen LogP contribution in [0, 0.1) is 0 Å². The number of hydrogen-bond acceptors (Lipinski definition) is 3. The van der Waals surface area contributed by atoms with E-state index in [1.54, 1.807) is 13.1 Å². The van der Waals surface area contributed by atoms with E-state index < -0.39 is 10.0 Å². The Kier molecular flexibility index (Phi) is 3.22. The van der Waals surface area contributed by atoms with Crippen molar-refractivity contribution in [2.24, 2.45) is 5.73 Å². The number of fused-ring (bicyclic) bond motifs is 1. The lowest BCUT2D eigenvalue weighted by Crippen LogP contribution is -2.13. The van der Waals surface area contributed by atoms with Gasteiger partial charge in [-0.1, -0.05) is 18.2 Å². The molecule has 0 saturated carbocycles. The quantitative estimate of drug-likeness (QED) is 0.893. The maximum Gasteiger partial charge on any atom is 0.238 e. The second-order valence-corrected chi connectivity index (χ2v) is 6.04. The van der Waals surface area contributed by atoms with Gasteiger partial charge in [0.25, 0.3) is 0 Å². The van der Waals surface area contributed by atoms with Crippen LogP contribution in [0.3, 0.4) is 0 Å². The van der Waals surface area contributed by atoms with Gasteiger partial charge in [0, 0.05) is 11.6 Å². The Morgan fingerprint density at radius 1 is 1.29 bits per heavy atom. The molecule has 4 nitrogen and oxygen atoms in total. The third-order valence-corrected chi connectivity index (χ3v) is 4.47. The highest BCUT2D eigenvalue weighted by atomic mass is 32.2. The number of nitrogens with two attached hydrogens (primary N) is 1. The standard InChI is InChI=1S/C12H16N2O2S/c1-2-17(15,16)14-9-10(7-8-13)11-5-3-4-6-12(11)14/h3-6,9H,2,7-8,13H2,1H3. The van der Waals surface area contributed by atoms with Gasteiger partial charge in [-0.15, -0.1) is 0 Å². The fourth-order valence-electron chi connectivity index (χ4n) is 1.94. The molecule has 0 bridgehead atoms. The Morgan fingerprint density at radius 3 is 2.65 bits per heavy atom. The van der Waals surface area contributed by atoms with E-state index in [1.807, 2.05) is 24.3 Å². The molecule has 17 heavy (non-hydrogen) atoms. The van der Waals surface area contributed by atoms with Crippen molar-refractivity contribution in [2.75, 3.05) is 12.3 Å². The Labute approximate surface area is 101 Å². The monoisotopic (exact) mass is 252 g/mol. The van der Waals surface area contributed by atoms with E-state index in [1.165, 1.54) is 3.97 Å². The number of nitrogens with zero attached hydrogens (tertiary/aromatic N) is 1. The summed E-state index contributed by atoms with van der Waals surface area (Å²) in [5, 5.41) is 0.968. The molecule has 0 aliphatic rings. The summed E-state index contributed by atoms with van der Waals surface area (Å²) in [6, 6.07) is 7.51. The predicted octanol–water partition coefficient (Wildman–Crippen LogP) is 1.34. The first-order valence-corrected chi connectivity index (χ1v) is 7.23. The lowest BCUT2D eigenvalue weighted by atomic mass is 10.1. The van der Waals surface area contributed by atoms with Crippen LogP contribution in [0.4, 0.5) is 0 Å². The fourth-order valence-corrected chi connectivity index (χ4v) is 2.97. The van der Waals surface area contributed by atoms with Gasteiger partial charge >= 0.3 is 0 Å². The highest BCUT2D eigenvalue weighted by Crippen LogP contribution is 2.23. The molecular weight excluding hydrogens is 236 g/mol. The zero-order chi connectivity index (χ0) is 12.5. The SMILES string of the molecule is CCS(=O)(=O)n1cc(CCN)c2ccccc21. The van der Waals surface area contributed by atoms with Crippen LogP contribution in [0.1, 0.15) is 12.5 Å². The first-order chi connectivity index (χ1) is 8.10. The highest BCUT2D eigenvalue weighted by Gasteiger charge is 2.16. The third-order valence-electron chi connectivity index (χ3n) is 2.84. The fraction of sp³-hybridized carbons (Fsp3) is 0.333. The average Bonchev–Trinajstić information content (AvgIpc) is 2.70. The number of aromatic nitrogens is 1. The third kappa shape index (κ3) is 2.08. The molecule has 1 heterocycles. The number of hydrogen-bond donors (Lipinski definition) is 1. The summed E-state index contributed by atoms with van der Waals surface area (Å²) in [6.07, 6.45) is 2.38. The summed E-state index contributed by atoms with van der Waals surface area (Å²) in [4.78, 5) is 0. The Balaban J connectivity index is 2.73. The average molecular weight is 252 g/mol. The minimum atomic E-state index is -3.25. The van der Waals surface area contributed by atoms with E-state index in [2.05, 4.69) is 0 Å². The van der Waals surface area contributed by atoms with Gasteiger partial charge in [0.05, 0.1) is 11.3 Å². The maximum atomic E-state index is 12.0. The topological polar surface area (TPSA) is 65.1 Å². The van der Waals surface area contributed by atoms with E-state index in [-0.39, 0.29) is 5.75 Å². The molecule has 92 valence electrons. The van der Waals surface area contributed by atoms with Crippen molar-refractivity contribution in [1.29, 1.82) is 0 Å². The molecule has 0 aliphatic carbocycles. The first-order valence-electron chi connectivity index (χ1n) is 5.62. The van der Waals surface area contributed by atoms with E-state index >= 15 is 0 Å². The minimum absolute atomic E-state index is 0.0910. The van der Waals surface area contributed by atoms with E-state index in [0.717, 1.165) is 16.5 Å². The van der Waals surface area contributed by atoms with E-state index in [0.29, 0.717) is 13.0 Å². The van der Waals surface area contributed by atoms with Crippen LogP contribution in [0.25, 0.3) is 10.9 Å². The van der Waals surface area contributed by atoms with Crippen LogP contribution >= 0.6 is 0 Å². The molecule has 1 aromatic heterocycles. The molecule has 0 fully saturated rings. The van der Waals surface area contributed by atoms with Crippen LogP contribution in [0.15, 0.2) is 30.5 Å². The van der Waals surface area contributed by atoms with Crippen molar-refractivity contribution in [3.8, 4) is 0 Å². The molecule has 0 unspecified atom stereocenters. The van der Waals surface area contributed by atoms with E-state index in [9.17, 15) is 8.42 Å². The van der Waals surface area contributed by atoms with Crippen LogP contribution in [0.5, 0.6) is 0 Å². The van der Waals surface area contributed by atoms with Crippen molar-refractivity contribution < 1.29 is 8.42 Å². The van der Waals surface area contributed by atoms with Gasteiger partial charge in [0.1, 0.15) is 0 Å². The summed E-state index contributed by atoms with van der Waals surface area (Å²) >= 11 is 0. The zero-order valence-electron chi connectivity index (χ0n) is 9.76. The van der Waals surface area contributed by atoms with E-state index in [4.69, 9.17) is 5.73 Å². The van der Waals surface area contributed by atoms with Crippen LogP contribution in [0.2, 0.25) is 0 Å². The van der Waals surface area contributed by atoms with Gasteiger partial charge in [-0.05, 0) is 31.5 Å². The highest BCUT2D eigenvalue weighted by molar-refractivity contribution is 7.90. The van der Waals surface area contributed by atoms with Crippen LogP contribution < -0.4 is 5.73 Å². The van der Waals surface area contributed by atoms with Crippen LogP contribution in [-0.2, 0) is 16.4 Å². The van der Waals surface area contributed by atoms with Crippen LogP contribution in [-0.4, -0.2) is 24.7 Å². The second-order valence-electron chi connectivity index (χ2n) is 3.91. The lowest BCUT2D eigenvalue weighted by molar-refractivity contribution is 0.590. The summed E-state index contributed by atoms with van der Waals surface area (Å²) in [5.74, 6) is 0.0910. The van der Waals surface area contributed by atoms with Crippen molar-refractivity contribution >= 4 is 20.9 Å². The Bertz CT molecular complexity index is 629. The molecule has 2 aromatic rings. The summed E-state index contributed by atoms with van der Waals surface area (Å²) in [6.45, 7) is 2.16. The molecule has 5 heteroatoms. The van der Waals surface area contributed by atoms with Gasteiger partial charge in [-0.3, -0.25) is 0 Å². The Morgan fingerprint density at radius 2 is 2.00 bits per heavy atom. The van der Waals surface area contributed by atoms with Crippen molar-refractivity contribution in [2.45, 2.75) is 13.3 Å². The second kappa shape index (κ2) is 4.50. The molecule has 0 amide bonds. The predicted molar refractivity (Wildman–Crippen MR) is 69.6 cm³/mol. The van der Waals surface area contributed by atoms with Crippen molar-refractivity contribution in [3.05, 3.63) is 36.0 Å². The Hall–Kier alpha value is -1.33. The summed E-state index contributed by atoms with van der Waals surface area (Å²) in [7, 11) is -3.25. The zero-order valence-corrected chi connectivity index (χ0v) is 10.6. The lowest BCUT2D eigenvalue weighted by Gasteiger charge is -2.03. The maximum absolute atomic E-state index is 12.0. The van der Waals surface area contributed by atoms with Gasteiger partial charge in [0.2, 0.25) is 10.0 Å². The molecule has 0 saturated heterocycles. The molecule has 0 aliphatic heterocycles. The molecular formula is C12H16N2O2S.